The molecule has 21 heavy (non-hydrogen) atoms. The fourth-order valence-corrected chi connectivity index (χ4v) is 3.17. The Morgan fingerprint density at radius 3 is 2.67 bits per heavy atom. The monoisotopic (exact) mass is 367 g/mol. The summed E-state index contributed by atoms with van der Waals surface area (Å²) in [5, 5.41) is 20.0. The van der Waals surface area contributed by atoms with Crippen LogP contribution in [-0.4, -0.2) is 5.11 Å². The van der Waals surface area contributed by atoms with E-state index >= 15 is 0 Å². The molecule has 0 aliphatic carbocycles. The van der Waals surface area contributed by atoms with E-state index < -0.39 is 17.5 Å². The minimum Gasteiger partial charge on any atom is -0.464 e. The molecule has 2 atom stereocenters. The van der Waals surface area contributed by atoms with E-state index in [0.717, 1.165) is 6.07 Å². The summed E-state index contributed by atoms with van der Waals surface area (Å²) in [5.41, 5.74) is -0.866. The second kappa shape index (κ2) is 4.99. The standard InChI is InChI=1S/C15H8BrClFNO2/c16-12-11-10(6-9(18)13(12)17)21-15(7-19,14(11)20)8-4-2-1-3-5-8/h1-6,14,20H/t14-,15-/m0/s1. The minimum absolute atomic E-state index is 0.0988. The lowest BCUT2D eigenvalue weighted by molar-refractivity contribution is 0.0113. The van der Waals surface area contributed by atoms with Crippen molar-refractivity contribution < 1.29 is 14.2 Å². The summed E-state index contributed by atoms with van der Waals surface area (Å²) in [6.07, 6.45) is -1.28. The third-order valence-electron chi connectivity index (χ3n) is 3.46. The Kier molecular flexibility index (Phi) is 3.40. The number of halogens is 3. The van der Waals surface area contributed by atoms with Crippen molar-refractivity contribution >= 4 is 27.5 Å². The Balaban J connectivity index is 2.22. The van der Waals surface area contributed by atoms with Gasteiger partial charge in [0, 0.05) is 21.7 Å². The molecule has 0 aromatic heterocycles. The third-order valence-corrected chi connectivity index (χ3v) is 4.88. The van der Waals surface area contributed by atoms with E-state index in [1.54, 1.807) is 30.3 Å². The lowest BCUT2D eigenvalue weighted by atomic mass is 9.88. The van der Waals surface area contributed by atoms with E-state index in [0.29, 0.717) is 5.56 Å². The van der Waals surface area contributed by atoms with Crippen LogP contribution in [0.4, 0.5) is 4.39 Å². The van der Waals surface area contributed by atoms with Gasteiger partial charge in [-0.05, 0) is 15.9 Å². The number of fused-ring (bicyclic) bond motifs is 1. The van der Waals surface area contributed by atoms with Crippen molar-refractivity contribution in [3.8, 4) is 11.8 Å². The van der Waals surface area contributed by atoms with Gasteiger partial charge in [-0.1, -0.05) is 41.9 Å². The Morgan fingerprint density at radius 2 is 2.05 bits per heavy atom. The highest BCUT2D eigenvalue weighted by Gasteiger charge is 2.51. The van der Waals surface area contributed by atoms with Gasteiger partial charge in [0.2, 0.25) is 5.60 Å². The molecular formula is C15H8BrClFNO2. The van der Waals surface area contributed by atoms with Crippen molar-refractivity contribution in [1.29, 1.82) is 5.26 Å². The van der Waals surface area contributed by atoms with Gasteiger partial charge in [-0.15, -0.1) is 0 Å². The first-order valence-electron chi connectivity index (χ1n) is 6.02. The molecule has 0 amide bonds. The lowest BCUT2D eigenvalue weighted by Crippen LogP contribution is -2.33. The molecule has 3 rings (SSSR count). The van der Waals surface area contributed by atoms with Crippen LogP contribution in [0.2, 0.25) is 5.02 Å². The lowest BCUT2D eigenvalue weighted by Gasteiger charge is -2.24. The van der Waals surface area contributed by atoms with E-state index in [-0.39, 0.29) is 20.8 Å². The predicted octanol–water partition coefficient (Wildman–Crippen LogP) is 4.09. The van der Waals surface area contributed by atoms with Crippen LogP contribution >= 0.6 is 27.5 Å². The average molecular weight is 369 g/mol. The third kappa shape index (κ3) is 1.95. The van der Waals surface area contributed by atoms with Crippen LogP contribution in [0.1, 0.15) is 17.2 Å². The van der Waals surface area contributed by atoms with Crippen LogP contribution < -0.4 is 4.74 Å². The summed E-state index contributed by atoms with van der Waals surface area (Å²) in [6.45, 7) is 0. The fourth-order valence-electron chi connectivity index (χ4n) is 2.41. The molecule has 0 spiro atoms. The molecule has 0 radical (unpaired) electrons. The van der Waals surface area contributed by atoms with Crippen molar-refractivity contribution in [2.45, 2.75) is 11.7 Å². The number of hydrogen-bond donors (Lipinski definition) is 1. The minimum atomic E-state index is -1.62. The molecule has 6 heteroatoms. The molecule has 2 aromatic rings. The zero-order valence-electron chi connectivity index (χ0n) is 10.5. The van der Waals surface area contributed by atoms with Crippen LogP contribution in [0.25, 0.3) is 0 Å². The molecule has 1 aliphatic heterocycles. The van der Waals surface area contributed by atoms with Gasteiger partial charge in [0.1, 0.15) is 23.7 Å². The van der Waals surface area contributed by atoms with Crippen LogP contribution in [0, 0.1) is 17.1 Å². The van der Waals surface area contributed by atoms with Gasteiger partial charge in [-0.3, -0.25) is 0 Å². The quantitative estimate of drug-likeness (QED) is 0.772. The van der Waals surface area contributed by atoms with Crippen molar-refractivity contribution in [3.05, 3.63) is 62.8 Å². The van der Waals surface area contributed by atoms with Gasteiger partial charge in [-0.25, -0.2) is 4.39 Å². The number of benzene rings is 2. The van der Waals surface area contributed by atoms with Gasteiger partial charge < -0.3 is 9.84 Å². The van der Waals surface area contributed by atoms with Crippen LogP contribution in [0.5, 0.6) is 5.75 Å². The second-order valence-electron chi connectivity index (χ2n) is 4.62. The highest BCUT2D eigenvalue weighted by Crippen LogP contribution is 2.53. The molecule has 2 aromatic carbocycles. The van der Waals surface area contributed by atoms with Gasteiger partial charge >= 0.3 is 0 Å². The zero-order valence-corrected chi connectivity index (χ0v) is 12.8. The largest absolute Gasteiger partial charge is 0.464 e. The first-order chi connectivity index (χ1) is 10.0. The van der Waals surface area contributed by atoms with Gasteiger partial charge in [0.25, 0.3) is 0 Å². The van der Waals surface area contributed by atoms with Gasteiger partial charge in [0.05, 0.1) is 5.02 Å². The molecule has 1 heterocycles. The van der Waals surface area contributed by atoms with E-state index in [1.807, 2.05) is 6.07 Å². The fraction of sp³-hybridized carbons (Fsp3) is 0.133. The Labute approximate surface area is 133 Å². The van der Waals surface area contributed by atoms with Crippen LogP contribution in [-0.2, 0) is 5.60 Å². The Hall–Kier alpha value is -1.61. The first-order valence-corrected chi connectivity index (χ1v) is 7.19. The zero-order chi connectivity index (χ0) is 15.2. The number of ether oxygens (including phenoxy) is 1. The summed E-state index contributed by atoms with van der Waals surface area (Å²) >= 11 is 8.99. The summed E-state index contributed by atoms with van der Waals surface area (Å²) < 4.78 is 19.5. The topological polar surface area (TPSA) is 53.2 Å². The maximum atomic E-state index is 13.7. The molecule has 0 saturated carbocycles. The highest BCUT2D eigenvalue weighted by atomic mass is 79.9. The molecule has 1 N–H and O–H groups in total. The number of aliphatic hydroxyl groups excluding tert-OH is 1. The van der Waals surface area contributed by atoms with Crippen molar-refractivity contribution in [1.82, 2.24) is 0 Å². The molecule has 0 unspecified atom stereocenters. The van der Waals surface area contributed by atoms with Crippen LogP contribution in [0.3, 0.4) is 0 Å². The SMILES string of the molecule is N#C[C@@]1(c2ccccc2)Oc2cc(F)c(Cl)c(Br)c2[C@@H]1O. The van der Waals surface area contributed by atoms with Gasteiger partial charge in [-0.2, -0.15) is 5.26 Å². The number of nitriles is 1. The maximum absolute atomic E-state index is 13.7. The summed E-state index contributed by atoms with van der Waals surface area (Å²) in [4.78, 5) is 0. The molecular weight excluding hydrogens is 361 g/mol. The highest BCUT2D eigenvalue weighted by molar-refractivity contribution is 9.10. The molecule has 3 nitrogen and oxygen atoms in total. The number of rotatable bonds is 1. The molecule has 1 aliphatic rings. The number of aliphatic hydroxyl groups is 1. The van der Waals surface area contributed by atoms with Crippen molar-refractivity contribution in [2.24, 2.45) is 0 Å². The van der Waals surface area contributed by atoms with E-state index in [9.17, 15) is 14.8 Å². The van der Waals surface area contributed by atoms with Crippen molar-refractivity contribution in [3.63, 3.8) is 0 Å². The van der Waals surface area contributed by atoms with E-state index in [4.69, 9.17) is 16.3 Å². The maximum Gasteiger partial charge on any atom is 0.249 e. The first kappa shape index (κ1) is 14.3. The molecule has 0 fully saturated rings. The normalized spacial score (nSPS) is 23.3. The summed E-state index contributed by atoms with van der Waals surface area (Å²) in [7, 11) is 0. The molecule has 106 valence electrons. The smallest absolute Gasteiger partial charge is 0.249 e. The predicted molar refractivity (Wildman–Crippen MR) is 78.4 cm³/mol. The average Bonchev–Trinajstić information content (AvgIpc) is 2.79. The van der Waals surface area contributed by atoms with Gasteiger partial charge in [0.15, 0.2) is 0 Å². The molecule has 0 saturated heterocycles. The number of nitrogens with zero attached hydrogens (tertiary/aromatic N) is 1. The van der Waals surface area contributed by atoms with Crippen LogP contribution in [0.15, 0.2) is 40.9 Å². The second-order valence-corrected chi connectivity index (χ2v) is 5.79. The summed E-state index contributed by atoms with van der Waals surface area (Å²) in [6, 6.07) is 11.7. The molecule has 0 bridgehead atoms. The van der Waals surface area contributed by atoms with E-state index in [1.165, 1.54) is 0 Å². The van der Waals surface area contributed by atoms with Crippen molar-refractivity contribution in [2.75, 3.05) is 0 Å². The summed E-state index contributed by atoms with van der Waals surface area (Å²) in [5.74, 6) is -0.585. The Bertz CT molecular complexity index is 763. The van der Waals surface area contributed by atoms with E-state index in [2.05, 4.69) is 15.9 Å². The number of hydrogen-bond acceptors (Lipinski definition) is 3. The Morgan fingerprint density at radius 1 is 1.38 bits per heavy atom.